The molecule has 0 aromatic rings. The van der Waals surface area contributed by atoms with E-state index in [2.05, 4.69) is 100 Å². The van der Waals surface area contributed by atoms with Crippen molar-refractivity contribution in [2.24, 2.45) is 11.8 Å². The molecule has 6 heteroatoms. The van der Waals surface area contributed by atoms with Crippen molar-refractivity contribution in [3.8, 4) is 0 Å². The van der Waals surface area contributed by atoms with Gasteiger partial charge in [-0.05, 0) is 61.4 Å². The quantitative estimate of drug-likeness (QED) is 0.197. The number of hydrogen-bond acceptors (Lipinski definition) is 3. The molecule has 174 valence electrons. The lowest BCUT2D eigenvalue weighted by molar-refractivity contribution is -0.146. The van der Waals surface area contributed by atoms with E-state index >= 15 is 0 Å². The van der Waals surface area contributed by atoms with Gasteiger partial charge >= 0.3 is 0 Å². The van der Waals surface area contributed by atoms with Gasteiger partial charge in [-0.15, -0.1) is 0 Å². The molecule has 0 aromatic heterocycles. The summed E-state index contributed by atoms with van der Waals surface area (Å²) in [6.07, 6.45) is 4.37. The zero-order valence-corrected chi connectivity index (χ0v) is 24.3. The summed E-state index contributed by atoms with van der Waals surface area (Å²) in [6, 6.07) is 0.00479. The lowest BCUT2D eigenvalue weighted by Crippen LogP contribution is -2.51. The first kappa shape index (κ1) is 27.9. The number of amides is 1. The van der Waals surface area contributed by atoms with Crippen LogP contribution in [0, 0.1) is 11.8 Å². The molecule has 0 aliphatic carbocycles. The fourth-order valence-corrected chi connectivity index (χ4v) is 5.86. The molecule has 0 unspecified atom stereocenters. The first-order valence-corrected chi connectivity index (χ1v) is 15.2. The molecule has 0 N–H and O–H groups in total. The molecule has 5 atom stereocenters. The van der Waals surface area contributed by atoms with Crippen LogP contribution in [0.2, 0.25) is 18.1 Å². The van der Waals surface area contributed by atoms with Crippen LogP contribution >= 0.6 is 22.6 Å². The van der Waals surface area contributed by atoms with E-state index < -0.39 is 14.0 Å². The standard InChI is InChI=1S/C24H44INO3Si/c1-16(15-25)13-14-17(2)21(29-30(11,12)23(6,7)8)18(3)22-19(4)26(20(5)27)24(9,10)28-22/h13-15,17-19,21-22H,1-12H3/b14-13+,16-15+/t17-,18+,19+,21-,22+/m0/s1. The fourth-order valence-electron chi connectivity index (χ4n) is 4.19. The summed E-state index contributed by atoms with van der Waals surface area (Å²) in [5.74, 6) is 0.423. The molecule has 1 heterocycles. The molecule has 0 saturated carbocycles. The van der Waals surface area contributed by atoms with Gasteiger partial charge in [0.05, 0.1) is 18.2 Å². The van der Waals surface area contributed by atoms with Crippen LogP contribution in [-0.2, 0) is 14.0 Å². The van der Waals surface area contributed by atoms with E-state index in [0.29, 0.717) is 0 Å². The topological polar surface area (TPSA) is 38.8 Å². The third-order valence-electron chi connectivity index (χ3n) is 6.85. The molecule has 0 radical (unpaired) electrons. The van der Waals surface area contributed by atoms with E-state index in [1.54, 1.807) is 6.92 Å². The lowest BCUT2D eigenvalue weighted by atomic mass is 9.86. The highest BCUT2D eigenvalue weighted by Gasteiger charge is 2.51. The van der Waals surface area contributed by atoms with Crippen molar-refractivity contribution >= 4 is 36.8 Å². The maximum Gasteiger partial charge on any atom is 0.222 e. The van der Waals surface area contributed by atoms with Gasteiger partial charge in [-0.1, -0.05) is 69.4 Å². The highest BCUT2D eigenvalue weighted by Crippen LogP contribution is 2.42. The Morgan fingerprint density at radius 2 is 1.77 bits per heavy atom. The summed E-state index contributed by atoms with van der Waals surface area (Å²) < 4.78 is 15.6. The molecule has 1 aliphatic rings. The van der Waals surface area contributed by atoms with E-state index in [1.165, 1.54) is 5.57 Å². The van der Waals surface area contributed by atoms with Crippen molar-refractivity contribution in [2.45, 2.75) is 111 Å². The van der Waals surface area contributed by atoms with E-state index in [4.69, 9.17) is 9.16 Å². The molecular weight excluding hydrogens is 505 g/mol. The molecule has 1 aliphatic heterocycles. The van der Waals surface area contributed by atoms with Gasteiger partial charge < -0.3 is 14.1 Å². The molecule has 4 nitrogen and oxygen atoms in total. The molecule has 1 fully saturated rings. The molecule has 0 aromatic carbocycles. The summed E-state index contributed by atoms with van der Waals surface area (Å²) in [5, 5.41) is 0.124. The summed E-state index contributed by atoms with van der Waals surface area (Å²) in [6.45, 7) is 25.7. The number of carbonyl (C=O) groups is 1. The van der Waals surface area contributed by atoms with Gasteiger partial charge in [0, 0.05) is 12.8 Å². The minimum Gasteiger partial charge on any atom is -0.413 e. The van der Waals surface area contributed by atoms with Gasteiger partial charge in [0.2, 0.25) is 5.91 Å². The highest BCUT2D eigenvalue weighted by atomic mass is 127. The third-order valence-corrected chi connectivity index (χ3v) is 12.3. The van der Waals surface area contributed by atoms with Gasteiger partial charge in [-0.3, -0.25) is 4.79 Å². The molecule has 0 spiro atoms. The minimum absolute atomic E-state index is 0.00479. The Balaban J connectivity index is 3.30. The van der Waals surface area contributed by atoms with Crippen molar-refractivity contribution in [2.75, 3.05) is 0 Å². The Labute approximate surface area is 200 Å². The number of ether oxygens (including phenoxy) is 1. The Morgan fingerprint density at radius 1 is 1.23 bits per heavy atom. The Kier molecular flexibility index (Phi) is 9.44. The monoisotopic (exact) mass is 549 g/mol. The molecular formula is C24H44INO3Si. The zero-order valence-electron chi connectivity index (χ0n) is 21.2. The van der Waals surface area contributed by atoms with E-state index in [1.807, 2.05) is 18.7 Å². The molecule has 30 heavy (non-hydrogen) atoms. The average molecular weight is 550 g/mol. The van der Waals surface area contributed by atoms with Crippen molar-refractivity contribution in [3.63, 3.8) is 0 Å². The second-order valence-electron chi connectivity index (χ2n) is 10.9. The molecule has 0 bridgehead atoms. The van der Waals surface area contributed by atoms with Gasteiger partial charge in [0.1, 0.15) is 5.72 Å². The third kappa shape index (κ3) is 6.42. The van der Waals surface area contributed by atoms with Gasteiger partial charge in [-0.25, -0.2) is 0 Å². The van der Waals surface area contributed by atoms with Gasteiger partial charge in [0.25, 0.3) is 0 Å². The summed E-state index contributed by atoms with van der Waals surface area (Å²) >= 11 is 2.27. The predicted molar refractivity (Wildman–Crippen MR) is 138 cm³/mol. The SMILES string of the molecule is CC(=O)N1[C@H](C)[C@@H]([C@H](C)[C@@H](O[Si](C)(C)C(C)(C)C)[C@@H](C)/C=C/C(C)=C/I)OC1(C)C. The molecule has 1 rings (SSSR count). The van der Waals surface area contributed by atoms with Crippen LogP contribution in [-0.4, -0.2) is 43.1 Å². The van der Waals surface area contributed by atoms with Crippen molar-refractivity contribution < 1.29 is 14.0 Å². The average Bonchev–Trinajstić information content (AvgIpc) is 2.84. The lowest BCUT2D eigenvalue weighted by Gasteiger charge is -2.43. The van der Waals surface area contributed by atoms with Crippen LogP contribution in [0.3, 0.4) is 0 Å². The summed E-state index contributed by atoms with van der Waals surface area (Å²) in [4.78, 5) is 14.2. The number of nitrogens with zero attached hydrogens (tertiary/aromatic N) is 1. The van der Waals surface area contributed by atoms with Crippen molar-refractivity contribution in [3.05, 3.63) is 21.8 Å². The van der Waals surface area contributed by atoms with Crippen LogP contribution < -0.4 is 0 Å². The van der Waals surface area contributed by atoms with Crippen LogP contribution in [0.15, 0.2) is 21.8 Å². The van der Waals surface area contributed by atoms with Gasteiger partial charge in [-0.2, -0.15) is 0 Å². The van der Waals surface area contributed by atoms with Crippen LogP contribution in [0.5, 0.6) is 0 Å². The highest BCUT2D eigenvalue weighted by molar-refractivity contribution is 14.1. The maximum atomic E-state index is 12.3. The number of hydrogen-bond donors (Lipinski definition) is 0. The van der Waals surface area contributed by atoms with Gasteiger partial charge in [0.15, 0.2) is 8.32 Å². The molecule has 1 saturated heterocycles. The minimum atomic E-state index is -1.99. The molecule has 1 amide bonds. The van der Waals surface area contributed by atoms with Crippen molar-refractivity contribution in [1.82, 2.24) is 4.90 Å². The predicted octanol–water partition coefficient (Wildman–Crippen LogP) is 6.92. The van der Waals surface area contributed by atoms with E-state index in [0.717, 1.165) is 0 Å². The van der Waals surface area contributed by atoms with E-state index in [9.17, 15) is 4.79 Å². The second kappa shape index (κ2) is 10.2. The Hall–Kier alpha value is -0.183. The Morgan fingerprint density at radius 3 is 2.17 bits per heavy atom. The Bertz CT molecular complexity index is 666. The fraction of sp³-hybridized carbons (Fsp3) is 0.792. The van der Waals surface area contributed by atoms with Crippen molar-refractivity contribution in [1.29, 1.82) is 0 Å². The van der Waals surface area contributed by atoms with Crippen LogP contribution in [0.25, 0.3) is 0 Å². The van der Waals surface area contributed by atoms with Crippen LogP contribution in [0.1, 0.15) is 69.2 Å². The summed E-state index contributed by atoms with van der Waals surface area (Å²) in [7, 11) is -1.99. The number of carbonyl (C=O) groups excluding carboxylic acids is 1. The van der Waals surface area contributed by atoms with Crippen LogP contribution in [0.4, 0.5) is 0 Å². The number of rotatable bonds is 7. The zero-order chi connectivity index (χ0) is 23.7. The number of halogens is 1. The maximum absolute atomic E-state index is 12.3. The van der Waals surface area contributed by atoms with E-state index in [-0.39, 0.29) is 41.0 Å². The largest absolute Gasteiger partial charge is 0.413 e. The normalized spacial score (nSPS) is 26.2. The number of allylic oxidation sites excluding steroid dienone is 2. The first-order valence-electron chi connectivity index (χ1n) is 11.1. The first-order chi connectivity index (χ1) is 13.5. The smallest absolute Gasteiger partial charge is 0.222 e. The summed E-state index contributed by atoms with van der Waals surface area (Å²) in [5.41, 5.74) is 0.626. The second-order valence-corrected chi connectivity index (χ2v) is 16.3.